The number of methoxy groups -OCH3 is 2. The van der Waals surface area contributed by atoms with Crippen LogP contribution in [0.2, 0.25) is 0 Å². The minimum absolute atomic E-state index is 0.0335. The van der Waals surface area contributed by atoms with Gasteiger partial charge in [-0.05, 0) is 56.6 Å². The van der Waals surface area contributed by atoms with Crippen molar-refractivity contribution in [2.24, 2.45) is 0 Å². The second-order valence-corrected chi connectivity index (χ2v) is 9.82. The number of ketones is 1. The monoisotopic (exact) mass is 487 g/mol. The summed E-state index contributed by atoms with van der Waals surface area (Å²) in [5.74, 6) is 0.234. The molecule has 2 atom stereocenters. The van der Waals surface area contributed by atoms with Crippen molar-refractivity contribution in [3.8, 4) is 11.5 Å². The number of hydrogen-bond donors (Lipinski definition) is 1. The van der Waals surface area contributed by atoms with E-state index in [-0.39, 0.29) is 23.8 Å². The standard InChI is InChI=1S/C30H33NO5/c1-18-26(30(33)36-21-12-7-8-13-21)27(22-14-9-15-25(34-2)29(22)35-3)28-23(31-18)16-20(17-24(28)32)19-10-5-4-6-11-19/h4-6,9-11,14-15,20-21,27,31H,7-8,12-13,16-17H2,1-3H3/t20-,27+/m1/s1. The first-order valence-corrected chi connectivity index (χ1v) is 12.7. The number of Topliss-reactive ketones (excluding diaryl/α,β-unsaturated/α-hetero) is 1. The number of nitrogens with one attached hydrogen (secondary N) is 1. The molecule has 0 saturated heterocycles. The number of para-hydroxylation sites is 1. The molecule has 1 saturated carbocycles. The van der Waals surface area contributed by atoms with Crippen molar-refractivity contribution < 1.29 is 23.8 Å². The third-order valence-corrected chi connectivity index (χ3v) is 7.64. The van der Waals surface area contributed by atoms with Crippen LogP contribution in [0.15, 0.2) is 71.1 Å². The van der Waals surface area contributed by atoms with Crippen LogP contribution in [-0.2, 0) is 14.3 Å². The maximum Gasteiger partial charge on any atom is 0.337 e. The molecule has 2 aliphatic carbocycles. The molecule has 1 aliphatic heterocycles. The summed E-state index contributed by atoms with van der Waals surface area (Å²) in [7, 11) is 3.17. The maximum atomic E-state index is 13.8. The maximum absolute atomic E-state index is 13.8. The molecule has 1 fully saturated rings. The molecule has 0 aromatic heterocycles. The highest BCUT2D eigenvalue weighted by molar-refractivity contribution is 6.04. The van der Waals surface area contributed by atoms with Gasteiger partial charge in [-0.3, -0.25) is 4.79 Å². The normalized spacial score (nSPS) is 22.2. The summed E-state index contributed by atoms with van der Waals surface area (Å²) in [4.78, 5) is 27.5. The van der Waals surface area contributed by atoms with Gasteiger partial charge < -0.3 is 19.5 Å². The van der Waals surface area contributed by atoms with Crippen LogP contribution in [0.25, 0.3) is 0 Å². The van der Waals surface area contributed by atoms with Gasteiger partial charge in [-0.2, -0.15) is 0 Å². The smallest absolute Gasteiger partial charge is 0.337 e. The van der Waals surface area contributed by atoms with E-state index in [1.807, 2.05) is 43.3 Å². The van der Waals surface area contributed by atoms with Crippen molar-refractivity contribution in [1.82, 2.24) is 5.32 Å². The Kier molecular flexibility index (Phi) is 6.86. The Bertz CT molecular complexity index is 1220. The van der Waals surface area contributed by atoms with Gasteiger partial charge in [0.05, 0.1) is 25.7 Å². The van der Waals surface area contributed by atoms with Gasteiger partial charge >= 0.3 is 5.97 Å². The first-order valence-electron chi connectivity index (χ1n) is 12.7. The zero-order valence-corrected chi connectivity index (χ0v) is 21.1. The molecule has 0 spiro atoms. The van der Waals surface area contributed by atoms with Gasteiger partial charge in [-0.15, -0.1) is 0 Å². The fourth-order valence-electron chi connectivity index (χ4n) is 5.94. The van der Waals surface area contributed by atoms with E-state index in [1.54, 1.807) is 14.2 Å². The lowest BCUT2D eigenvalue weighted by atomic mass is 9.71. The van der Waals surface area contributed by atoms with Crippen LogP contribution in [-0.4, -0.2) is 32.1 Å². The molecule has 0 unspecified atom stereocenters. The average Bonchev–Trinajstić information content (AvgIpc) is 3.40. The number of carbonyl (C=O) groups is 2. The van der Waals surface area contributed by atoms with Gasteiger partial charge in [0.1, 0.15) is 6.10 Å². The van der Waals surface area contributed by atoms with Gasteiger partial charge in [0, 0.05) is 29.0 Å². The van der Waals surface area contributed by atoms with Gasteiger partial charge in [0.25, 0.3) is 0 Å². The predicted octanol–water partition coefficient (Wildman–Crippen LogP) is 5.55. The minimum Gasteiger partial charge on any atom is -0.493 e. The quantitative estimate of drug-likeness (QED) is 0.539. The summed E-state index contributed by atoms with van der Waals surface area (Å²) in [5.41, 5.74) is 4.55. The molecule has 6 nitrogen and oxygen atoms in total. The summed E-state index contributed by atoms with van der Waals surface area (Å²) in [6.45, 7) is 1.89. The van der Waals surface area contributed by atoms with E-state index < -0.39 is 5.92 Å². The lowest BCUT2D eigenvalue weighted by Crippen LogP contribution is -2.36. The van der Waals surface area contributed by atoms with Gasteiger partial charge in [0.2, 0.25) is 0 Å². The number of benzene rings is 2. The molecule has 2 aromatic carbocycles. The Morgan fingerprint density at radius 2 is 1.69 bits per heavy atom. The highest BCUT2D eigenvalue weighted by Crippen LogP contribution is 2.49. The van der Waals surface area contributed by atoms with E-state index in [1.165, 1.54) is 0 Å². The number of carbonyl (C=O) groups excluding carboxylic acids is 2. The second-order valence-electron chi connectivity index (χ2n) is 9.82. The molecule has 1 heterocycles. The van der Waals surface area contributed by atoms with Crippen molar-refractivity contribution in [2.45, 2.75) is 63.4 Å². The first-order chi connectivity index (χ1) is 17.5. The highest BCUT2D eigenvalue weighted by atomic mass is 16.5. The number of ether oxygens (including phenoxy) is 3. The van der Waals surface area contributed by atoms with Gasteiger partial charge in [-0.25, -0.2) is 4.79 Å². The van der Waals surface area contributed by atoms with Crippen molar-refractivity contribution in [3.63, 3.8) is 0 Å². The molecule has 188 valence electrons. The lowest BCUT2D eigenvalue weighted by Gasteiger charge is -2.37. The first kappa shape index (κ1) is 24.2. The Labute approximate surface area is 212 Å². The van der Waals surface area contributed by atoms with Crippen LogP contribution in [0.3, 0.4) is 0 Å². The van der Waals surface area contributed by atoms with Crippen LogP contribution < -0.4 is 14.8 Å². The summed E-state index contributed by atoms with van der Waals surface area (Å²) in [6.07, 6.45) is 4.89. The topological polar surface area (TPSA) is 73.9 Å². The highest BCUT2D eigenvalue weighted by Gasteiger charge is 2.43. The molecule has 1 N–H and O–H groups in total. The van der Waals surface area contributed by atoms with E-state index in [9.17, 15) is 9.59 Å². The zero-order chi connectivity index (χ0) is 25.2. The lowest BCUT2D eigenvalue weighted by molar-refractivity contribution is -0.144. The molecule has 3 aliphatic rings. The Morgan fingerprint density at radius 1 is 0.944 bits per heavy atom. The minimum atomic E-state index is -0.593. The number of rotatable bonds is 6. The van der Waals surface area contributed by atoms with Gasteiger partial charge in [0.15, 0.2) is 17.3 Å². The van der Waals surface area contributed by atoms with E-state index in [2.05, 4.69) is 17.4 Å². The summed E-state index contributed by atoms with van der Waals surface area (Å²) in [6, 6.07) is 15.7. The third kappa shape index (κ3) is 4.41. The Hall–Kier alpha value is -3.54. The molecule has 6 heteroatoms. The van der Waals surface area contributed by atoms with Crippen molar-refractivity contribution in [3.05, 3.63) is 82.2 Å². The largest absolute Gasteiger partial charge is 0.493 e. The number of hydrogen-bond acceptors (Lipinski definition) is 6. The third-order valence-electron chi connectivity index (χ3n) is 7.64. The zero-order valence-electron chi connectivity index (χ0n) is 21.1. The Morgan fingerprint density at radius 3 is 2.39 bits per heavy atom. The molecular weight excluding hydrogens is 454 g/mol. The van der Waals surface area contributed by atoms with Crippen molar-refractivity contribution >= 4 is 11.8 Å². The van der Waals surface area contributed by atoms with Crippen LogP contribution in [0.4, 0.5) is 0 Å². The fourth-order valence-corrected chi connectivity index (χ4v) is 5.94. The fraction of sp³-hybridized carbons (Fsp3) is 0.400. The molecule has 5 rings (SSSR count). The molecule has 0 bridgehead atoms. The summed E-state index contributed by atoms with van der Waals surface area (Å²) >= 11 is 0. The van der Waals surface area contributed by atoms with E-state index >= 15 is 0 Å². The number of allylic oxidation sites excluding steroid dienone is 3. The summed E-state index contributed by atoms with van der Waals surface area (Å²) in [5, 5.41) is 3.44. The molecule has 36 heavy (non-hydrogen) atoms. The number of esters is 1. The SMILES string of the molecule is COc1cccc([C@H]2C(C(=O)OC3CCCC3)=C(C)NC3=C2C(=O)C[C@H](c2ccccc2)C3)c1OC. The molecule has 0 amide bonds. The molecule has 2 aromatic rings. The van der Waals surface area contributed by atoms with Crippen LogP contribution in [0.1, 0.15) is 68.4 Å². The van der Waals surface area contributed by atoms with E-state index in [4.69, 9.17) is 14.2 Å². The molecular formula is C30H33NO5. The van der Waals surface area contributed by atoms with Crippen LogP contribution in [0.5, 0.6) is 11.5 Å². The van der Waals surface area contributed by atoms with Crippen molar-refractivity contribution in [1.29, 1.82) is 0 Å². The van der Waals surface area contributed by atoms with E-state index in [0.717, 1.165) is 42.5 Å². The average molecular weight is 488 g/mol. The summed E-state index contributed by atoms with van der Waals surface area (Å²) < 4.78 is 17.3. The Balaban J connectivity index is 1.61. The van der Waals surface area contributed by atoms with Crippen molar-refractivity contribution in [2.75, 3.05) is 14.2 Å². The molecule has 0 radical (unpaired) electrons. The van der Waals surface area contributed by atoms with E-state index in [0.29, 0.717) is 41.2 Å². The van der Waals surface area contributed by atoms with Crippen LogP contribution in [0, 0.1) is 0 Å². The van der Waals surface area contributed by atoms with Gasteiger partial charge in [-0.1, -0.05) is 42.5 Å². The second kappa shape index (κ2) is 10.2. The number of dihydropyridines is 1. The van der Waals surface area contributed by atoms with Crippen LogP contribution >= 0.6 is 0 Å². The predicted molar refractivity (Wildman–Crippen MR) is 137 cm³/mol.